The zero-order valence-corrected chi connectivity index (χ0v) is 6.44. The Balaban J connectivity index is 3.46. The fourth-order valence-corrected chi connectivity index (χ4v) is 0.578. The van der Waals surface area contributed by atoms with Crippen molar-refractivity contribution in [1.29, 1.82) is 0 Å². The van der Waals surface area contributed by atoms with Crippen molar-refractivity contribution in [3.05, 3.63) is 25.3 Å². The molecule has 0 rings (SSSR count). The van der Waals surface area contributed by atoms with Gasteiger partial charge in [0, 0.05) is 0 Å². The summed E-state index contributed by atoms with van der Waals surface area (Å²) in [6.07, 6.45) is 3.67. The lowest BCUT2D eigenvalue weighted by Gasteiger charge is -2.07. The molecule has 0 aromatic rings. The third-order valence-corrected chi connectivity index (χ3v) is 1.05. The van der Waals surface area contributed by atoms with Crippen LogP contribution in [-0.4, -0.2) is 24.3 Å². The summed E-state index contributed by atoms with van der Waals surface area (Å²) in [6.45, 7) is 6.82. The second kappa shape index (κ2) is 6.22. The first kappa shape index (κ1) is 10.5. The molecule has 0 aliphatic rings. The first-order chi connectivity index (χ1) is 5.20. The molecule has 0 spiro atoms. The van der Waals surface area contributed by atoms with Crippen molar-refractivity contribution in [2.24, 2.45) is 0 Å². The van der Waals surface area contributed by atoms with Crippen LogP contribution in [0.1, 0.15) is 0 Å². The molecular weight excluding hydrogens is 142 g/mol. The van der Waals surface area contributed by atoms with Gasteiger partial charge in [-0.1, -0.05) is 12.2 Å². The largest absolute Gasteiger partial charge is 0.451 e. The van der Waals surface area contributed by atoms with E-state index >= 15 is 0 Å². The van der Waals surface area contributed by atoms with Crippen molar-refractivity contribution in [3.8, 4) is 0 Å². The Morgan fingerprint density at radius 3 is 1.73 bits per heavy atom. The van der Waals surface area contributed by atoms with Crippen LogP contribution < -0.4 is 0 Å². The minimum atomic E-state index is -0.970. The van der Waals surface area contributed by atoms with Gasteiger partial charge in [0.2, 0.25) is 0 Å². The van der Waals surface area contributed by atoms with E-state index in [1.807, 2.05) is 0 Å². The first-order valence-electron chi connectivity index (χ1n) is 3.44. The summed E-state index contributed by atoms with van der Waals surface area (Å²) in [7, 11) is -1.94. The molecule has 0 amide bonds. The molecular formula is C6H12B2O3. The summed E-state index contributed by atoms with van der Waals surface area (Å²) < 4.78 is 4.70. The topological polar surface area (TPSA) is 49.7 Å². The lowest BCUT2D eigenvalue weighted by molar-refractivity contribution is 0.360. The van der Waals surface area contributed by atoms with Crippen molar-refractivity contribution in [2.75, 3.05) is 0 Å². The molecule has 0 heterocycles. The number of allylic oxidation sites excluding steroid dienone is 2. The van der Waals surface area contributed by atoms with E-state index in [4.69, 9.17) is 14.6 Å². The van der Waals surface area contributed by atoms with Gasteiger partial charge in [-0.25, -0.2) is 0 Å². The molecule has 0 fully saturated rings. The molecule has 0 radical (unpaired) electrons. The van der Waals surface area contributed by atoms with Crippen LogP contribution in [0.15, 0.2) is 25.3 Å². The van der Waals surface area contributed by atoms with Crippen molar-refractivity contribution >= 4 is 14.2 Å². The highest BCUT2D eigenvalue weighted by Crippen LogP contribution is 1.97. The van der Waals surface area contributed by atoms with Crippen LogP contribution in [-0.2, 0) is 4.57 Å². The zero-order chi connectivity index (χ0) is 8.69. The third-order valence-electron chi connectivity index (χ3n) is 1.05. The maximum absolute atomic E-state index is 8.96. The van der Waals surface area contributed by atoms with Crippen molar-refractivity contribution in [2.45, 2.75) is 12.6 Å². The summed E-state index contributed by atoms with van der Waals surface area (Å²) in [5.41, 5.74) is 0. The molecule has 5 heteroatoms. The highest BCUT2D eigenvalue weighted by Gasteiger charge is 2.18. The van der Waals surface area contributed by atoms with Gasteiger partial charge < -0.3 is 14.6 Å². The second-order valence-corrected chi connectivity index (χ2v) is 2.09. The van der Waals surface area contributed by atoms with Crippen LogP contribution >= 0.6 is 0 Å². The van der Waals surface area contributed by atoms with Gasteiger partial charge in [-0.15, -0.1) is 13.2 Å². The standard InChI is InChI=1S/C6H12B2O3/c1-3-5-7(9)11-8(10)6-4-2/h3-4,9-10H,1-2,5-6H2. The Labute approximate surface area is 67.7 Å². The Kier molecular flexibility index (Phi) is 5.93. The summed E-state index contributed by atoms with van der Waals surface area (Å²) in [6, 6.07) is 0. The zero-order valence-electron chi connectivity index (χ0n) is 6.44. The van der Waals surface area contributed by atoms with E-state index in [2.05, 4.69) is 13.2 Å². The monoisotopic (exact) mass is 154 g/mol. The number of hydrogen-bond donors (Lipinski definition) is 2. The normalized spacial score (nSPS) is 8.91. The van der Waals surface area contributed by atoms with Crippen LogP contribution in [0.5, 0.6) is 0 Å². The van der Waals surface area contributed by atoms with Gasteiger partial charge in [0.15, 0.2) is 0 Å². The van der Waals surface area contributed by atoms with Crippen molar-refractivity contribution < 1.29 is 14.6 Å². The van der Waals surface area contributed by atoms with Crippen LogP contribution in [0.2, 0.25) is 12.6 Å². The second-order valence-electron chi connectivity index (χ2n) is 2.09. The van der Waals surface area contributed by atoms with E-state index < -0.39 is 14.2 Å². The number of rotatable bonds is 6. The van der Waals surface area contributed by atoms with Gasteiger partial charge in [0.1, 0.15) is 0 Å². The summed E-state index contributed by atoms with van der Waals surface area (Å²) in [4.78, 5) is 0. The van der Waals surface area contributed by atoms with Gasteiger partial charge >= 0.3 is 14.2 Å². The maximum atomic E-state index is 8.96. The molecule has 0 aromatic heterocycles. The Bertz CT molecular complexity index is 115. The fourth-order valence-electron chi connectivity index (χ4n) is 0.578. The van der Waals surface area contributed by atoms with E-state index in [1.54, 1.807) is 0 Å². The molecule has 0 aromatic carbocycles. The summed E-state index contributed by atoms with van der Waals surface area (Å²) >= 11 is 0. The van der Waals surface area contributed by atoms with E-state index in [1.165, 1.54) is 12.2 Å². The molecule has 3 nitrogen and oxygen atoms in total. The fraction of sp³-hybridized carbons (Fsp3) is 0.333. The van der Waals surface area contributed by atoms with E-state index in [9.17, 15) is 0 Å². The predicted molar refractivity (Wildman–Crippen MR) is 47.0 cm³/mol. The smallest absolute Gasteiger partial charge is 0.444 e. The molecule has 0 aliphatic heterocycles. The lowest BCUT2D eigenvalue weighted by atomic mass is 9.76. The maximum Gasteiger partial charge on any atom is 0.444 e. The SMILES string of the molecule is C=CCB(O)OB(O)CC=C. The van der Waals surface area contributed by atoms with Gasteiger partial charge in [-0.2, -0.15) is 0 Å². The van der Waals surface area contributed by atoms with Gasteiger partial charge in [0.25, 0.3) is 0 Å². The molecule has 0 bridgehead atoms. The van der Waals surface area contributed by atoms with E-state index in [0.29, 0.717) is 12.6 Å². The molecule has 0 atom stereocenters. The molecule has 0 saturated heterocycles. The van der Waals surface area contributed by atoms with Crippen LogP contribution in [0.3, 0.4) is 0 Å². The van der Waals surface area contributed by atoms with Crippen molar-refractivity contribution in [1.82, 2.24) is 0 Å². The van der Waals surface area contributed by atoms with Gasteiger partial charge in [-0.3, -0.25) is 0 Å². The highest BCUT2D eigenvalue weighted by molar-refractivity contribution is 6.58. The quantitative estimate of drug-likeness (QED) is 0.428. The van der Waals surface area contributed by atoms with E-state index in [-0.39, 0.29) is 0 Å². The first-order valence-corrected chi connectivity index (χ1v) is 3.44. The van der Waals surface area contributed by atoms with Gasteiger partial charge in [-0.05, 0) is 12.6 Å². The average Bonchev–Trinajstić information content (AvgIpc) is 1.87. The average molecular weight is 154 g/mol. The Hall–Kier alpha value is -0.510. The minimum absolute atomic E-state index is 0.314. The highest BCUT2D eigenvalue weighted by atomic mass is 16.5. The van der Waals surface area contributed by atoms with Crippen LogP contribution in [0, 0.1) is 0 Å². The van der Waals surface area contributed by atoms with Gasteiger partial charge in [0.05, 0.1) is 0 Å². The Morgan fingerprint density at radius 1 is 1.09 bits per heavy atom. The Morgan fingerprint density at radius 2 is 1.45 bits per heavy atom. The van der Waals surface area contributed by atoms with Crippen molar-refractivity contribution in [3.63, 3.8) is 0 Å². The lowest BCUT2D eigenvalue weighted by Crippen LogP contribution is -2.28. The van der Waals surface area contributed by atoms with Crippen LogP contribution in [0.4, 0.5) is 0 Å². The predicted octanol–water partition coefficient (Wildman–Crippen LogP) is 0.336. The minimum Gasteiger partial charge on any atom is -0.451 e. The van der Waals surface area contributed by atoms with E-state index in [0.717, 1.165) is 0 Å². The molecule has 2 N–H and O–H groups in total. The molecule has 0 saturated carbocycles. The summed E-state index contributed by atoms with van der Waals surface area (Å²) in [5, 5.41) is 17.9. The molecule has 11 heavy (non-hydrogen) atoms. The number of hydrogen-bond acceptors (Lipinski definition) is 3. The van der Waals surface area contributed by atoms with Crippen LogP contribution in [0.25, 0.3) is 0 Å². The third kappa shape index (κ3) is 5.91. The molecule has 0 aliphatic carbocycles. The summed E-state index contributed by atoms with van der Waals surface area (Å²) in [5.74, 6) is 0. The molecule has 60 valence electrons. The molecule has 0 unspecified atom stereocenters.